The van der Waals surface area contributed by atoms with Crippen LogP contribution in [0.1, 0.15) is 6.92 Å². The van der Waals surface area contributed by atoms with Crippen LogP contribution in [-0.4, -0.2) is 33.1 Å². The van der Waals surface area contributed by atoms with Crippen LogP contribution in [0.3, 0.4) is 0 Å². The van der Waals surface area contributed by atoms with Gasteiger partial charge >= 0.3 is 6.03 Å². The summed E-state index contributed by atoms with van der Waals surface area (Å²) in [6.45, 7) is 1.59. The summed E-state index contributed by atoms with van der Waals surface area (Å²) in [6.07, 6.45) is 0. The number of aliphatic hydroxyl groups excluding tert-OH is 1. The van der Waals surface area contributed by atoms with Gasteiger partial charge in [-0.1, -0.05) is 30.3 Å². The average Bonchev–Trinajstić information content (AvgIpc) is 2.88. The molecular formula is C12H14N4O2S. The van der Waals surface area contributed by atoms with Crippen LogP contribution in [0.25, 0.3) is 11.4 Å². The maximum absolute atomic E-state index is 11.5. The number of urea groups is 1. The molecule has 1 unspecified atom stereocenters. The first-order valence-corrected chi connectivity index (χ1v) is 6.54. The Kier molecular flexibility index (Phi) is 4.43. The number of anilines is 1. The molecule has 100 valence electrons. The van der Waals surface area contributed by atoms with Gasteiger partial charge in [0.15, 0.2) is 5.82 Å². The van der Waals surface area contributed by atoms with E-state index < -0.39 is 6.03 Å². The first-order chi connectivity index (χ1) is 9.19. The van der Waals surface area contributed by atoms with E-state index in [0.717, 1.165) is 17.1 Å². The Bertz CT molecular complexity index is 544. The van der Waals surface area contributed by atoms with Crippen molar-refractivity contribution in [2.45, 2.75) is 13.0 Å². The van der Waals surface area contributed by atoms with Crippen LogP contribution < -0.4 is 10.6 Å². The fourth-order valence-electron chi connectivity index (χ4n) is 1.38. The highest BCUT2D eigenvalue weighted by molar-refractivity contribution is 7.10. The third-order valence-electron chi connectivity index (χ3n) is 2.33. The van der Waals surface area contributed by atoms with E-state index >= 15 is 0 Å². The van der Waals surface area contributed by atoms with Crippen molar-refractivity contribution in [2.75, 3.05) is 11.9 Å². The lowest BCUT2D eigenvalue weighted by Gasteiger charge is -2.09. The Morgan fingerprint density at radius 2 is 2.16 bits per heavy atom. The summed E-state index contributed by atoms with van der Waals surface area (Å²) in [5, 5.41) is 14.4. The van der Waals surface area contributed by atoms with Gasteiger partial charge in [-0.15, -0.1) is 0 Å². The molecule has 19 heavy (non-hydrogen) atoms. The summed E-state index contributed by atoms with van der Waals surface area (Å²) in [5.41, 5.74) is 0.899. The van der Waals surface area contributed by atoms with Gasteiger partial charge in [0.2, 0.25) is 5.13 Å². The molecule has 0 aliphatic carbocycles. The summed E-state index contributed by atoms with van der Waals surface area (Å²) in [7, 11) is 0. The lowest BCUT2D eigenvalue weighted by molar-refractivity contribution is 0.229. The summed E-state index contributed by atoms with van der Waals surface area (Å²) in [4.78, 5) is 15.8. The largest absolute Gasteiger partial charge is 0.394 e. The molecular weight excluding hydrogens is 264 g/mol. The van der Waals surface area contributed by atoms with Crippen LogP contribution in [0.15, 0.2) is 30.3 Å². The topological polar surface area (TPSA) is 87.1 Å². The average molecular weight is 278 g/mol. The fraction of sp³-hybridized carbons (Fsp3) is 0.250. The molecule has 7 heteroatoms. The van der Waals surface area contributed by atoms with Crippen molar-refractivity contribution < 1.29 is 9.90 Å². The molecule has 1 aromatic heterocycles. The predicted molar refractivity (Wildman–Crippen MR) is 74.0 cm³/mol. The third kappa shape index (κ3) is 3.73. The standard InChI is InChI=1S/C12H14N4O2S/c1-8(7-17)13-11(18)15-12-14-10(16-19-12)9-5-3-2-4-6-9/h2-6,8,17H,7H2,1H3,(H2,13,14,15,16,18). The number of nitrogens with zero attached hydrogens (tertiary/aromatic N) is 2. The van der Waals surface area contributed by atoms with E-state index in [9.17, 15) is 4.79 Å². The van der Waals surface area contributed by atoms with Crippen molar-refractivity contribution in [3.8, 4) is 11.4 Å². The number of benzene rings is 1. The minimum Gasteiger partial charge on any atom is -0.394 e. The number of amides is 2. The molecule has 2 rings (SSSR count). The fourth-order valence-corrected chi connectivity index (χ4v) is 1.97. The molecule has 3 N–H and O–H groups in total. The first-order valence-electron chi connectivity index (χ1n) is 5.76. The zero-order valence-electron chi connectivity index (χ0n) is 10.3. The molecule has 1 heterocycles. The molecule has 1 atom stereocenters. The second kappa shape index (κ2) is 6.26. The van der Waals surface area contributed by atoms with Gasteiger partial charge in [0, 0.05) is 17.1 Å². The van der Waals surface area contributed by atoms with Crippen LogP contribution in [0.4, 0.5) is 9.93 Å². The Hall–Kier alpha value is -1.99. The van der Waals surface area contributed by atoms with Gasteiger partial charge in [-0.25, -0.2) is 4.79 Å². The number of carbonyl (C=O) groups excluding carboxylic acids is 1. The van der Waals surface area contributed by atoms with Crippen LogP contribution in [0.5, 0.6) is 0 Å². The van der Waals surface area contributed by atoms with Crippen LogP contribution in [0.2, 0.25) is 0 Å². The number of carbonyl (C=O) groups is 1. The minimum absolute atomic E-state index is 0.112. The van der Waals surface area contributed by atoms with Crippen LogP contribution in [0, 0.1) is 0 Å². The van der Waals surface area contributed by atoms with E-state index in [-0.39, 0.29) is 12.6 Å². The second-order valence-corrected chi connectivity index (χ2v) is 4.72. The van der Waals surface area contributed by atoms with Crippen molar-refractivity contribution in [1.29, 1.82) is 0 Å². The Labute approximate surface area is 114 Å². The summed E-state index contributed by atoms with van der Waals surface area (Å²) in [5.74, 6) is 0.580. The van der Waals surface area contributed by atoms with Crippen molar-refractivity contribution in [2.24, 2.45) is 0 Å². The smallest absolute Gasteiger partial charge is 0.321 e. The molecule has 1 aromatic carbocycles. The quantitative estimate of drug-likeness (QED) is 0.794. The molecule has 0 saturated heterocycles. The van der Waals surface area contributed by atoms with E-state index in [0.29, 0.717) is 11.0 Å². The van der Waals surface area contributed by atoms with Gasteiger partial charge in [-0.2, -0.15) is 9.36 Å². The molecule has 0 spiro atoms. The van der Waals surface area contributed by atoms with Crippen molar-refractivity contribution in [1.82, 2.24) is 14.7 Å². The van der Waals surface area contributed by atoms with Gasteiger partial charge in [-0.3, -0.25) is 5.32 Å². The lowest BCUT2D eigenvalue weighted by Crippen LogP contribution is -2.38. The van der Waals surface area contributed by atoms with Crippen molar-refractivity contribution in [3.63, 3.8) is 0 Å². The van der Waals surface area contributed by atoms with E-state index in [1.807, 2.05) is 30.3 Å². The predicted octanol–water partition coefficient (Wildman–Crippen LogP) is 1.71. The summed E-state index contributed by atoms with van der Waals surface area (Å²) < 4.78 is 4.18. The molecule has 2 amide bonds. The van der Waals surface area contributed by atoms with Crippen LogP contribution in [-0.2, 0) is 0 Å². The van der Waals surface area contributed by atoms with Crippen molar-refractivity contribution >= 4 is 22.7 Å². The maximum atomic E-state index is 11.5. The van der Waals surface area contributed by atoms with Gasteiger partial charge in [0.25, 0.3) is 0 Å². The number of aliphatic hydroxyl groups is 1. The normalized spacial score (nSPS) is 11.9. The van der Waals surface area contributed by atoms with E-state index in [2.05, 4.69) is 20.0 Å². The highest BCUT2D eigenvalue weighted by Crippen LogP contribution is 2.20. The van der Waals surface area contributed by atoms with Gasteiger partial charge in [-0.05, 0) is 6.92 Å². The number of nitrogens with one attached hydrogen (secondary N) is 2. The molecule has 0 saturated carbocycles. The molecule has 0 bridgehead atoms. The Balaban J connectivity index is 2.00. The second-order valence-electron chi connectivity index (χ2n) is 3.97. The monoisotopic (exact) mass is 278 g/mol. The van der Waals surface area contributed by atoms with Gasteiger partial charge in [0.05, 0.1) is 12.6 Å². The Morgan fingerprint density at radius 3 is 2.84 bits per heavy atom. The zero-order valence-corrected chi connectivity index (χ0v) is 11.1. The highest BCUT2D eigenvalue weighted by Gasteiger charge is 2.10. The number of rotatable bonds is 4. The first kappa shape index (κ1) is 13.4. The van der Waals surface area contributed by atoms with E-state index in [1.165, 1.54) is 0 Å². The SMILES string of the molecule is CC(CO)NC(=O)Nc1nc(-c2ccccc2)ns1. The number of hydrogen-bond acceptors (Lipinski definition) is 5. The molecule has 0 aliphatic heterocycles. The third-order valence-corrected chi connectivity index (χ3v) is 2.96. The lowest BCUT2D eigenvalue weighted by atomic mass is 10.2. The number of aromatic nitrogens is 2. The van der Waals surface area contributed by atoms with Crippen LogP contribution >= 0.6 is 11.5 Å². The van der Waals surface area contributed by atoms with Gasteiger partial charge in [0.1, 0.15) is 0 Å². The molecule has 2 aromatic rings. The zero-order chi connectivity index (χ0) is 13.7. The molecule has 6 nitrogen and oxygen atoms in total. The minimum atomic E-state index is -0.405. The van der Waals surface area contributed by atoms with E-state index in [1.54, 1.807) is 6.92 Å². The Morgan fingerprint density at radius 1 is 1.42 bits per heavy atom. The molecule has 0 aliphatic rings. The summed E-state index contributed by atoms with van der Waals surface area (Å²) >= 11 is 1.11. The maximum Gasteiger partial charge on any atom is 0.321 e. The molecule has 0 radical (unpaired) electrons. The van der Waals surface area contributed by atoms with Gasteiger partial charge < -0.3 is 10.4 Å². The summed E-state index contributed by atoms with van der Waals surface area (Å²) in [6, 6.07) is 8.81. The van der Waals surface area contributed by atoms with E-state index in [4.69, 9.17) is 5.11 Å². The number of hydrogen-bond donors (Lipinski definition) is 3. The molecule has 0 fully saturated rings. The van der Waals surface area contributed by atoms with Crippen molar-refractivity contribution in [3.05, 3.63) is 30.3 Å². The highest BCUT2D eigenvalue weighted by atomic mass is 32.1.